The van der Waals surface area contributed by atoms with E-state index in [-0.39, 0.29) is 11.9 Å². The van der Waals surface area contributed by atoms with Gasteiger partial charge in [0.05, 0.1) is 18.3 Å². The van der Waals surface area contributed by atoms with Gasteiger partial charge in [-0.05, 0) is 37.0 Å². The molecule has 0 saturated carbocycles. The normalized spacial score (nSPS) is 25.7. The number of carbonyl (C=O) groups excluding carboxylic acids is 1. The van der Waals surface area contributed by atoms with Crippen molar-refractivity contribution in [3.63, 3.8) is 0 Å². The number of hydrogen-bond acceptors (Lipinski definition) is 3. The second-order valence-electron chi connectivity index (χ2n) is 7.88. The maximum atomic E-state index is 12.3. The number of aryl methyl sites for hydroxylation is 2. The number of nitrogens with zero attached hydrogens (tertiary/aromatic N) is 4. The molecule has 2 saturated heterocycles. The fraction of sp³-hybridized carbons (Fsp3) is 0.524. The Labute approximate surface area is 155 Å². The first-order valence-electron chi connectivity index (χ1n) is 9.58. The van der Waals surface area contributed by atoms with E-state index in [9.17, 15) is 4.79 Å². The topological polar surface area (TPSA) is 41.4 Å². The predicted octanol–water partition coefficient (Wildman–Crippen LogP) is 2.65. The van der Waals surface area contributed by atoms with Gasteiger partial charge < -0.3 is 9.80 Å². The van der Waals surface area contributed by atoms with Crippen molar-refractivity contribution in [2.24, 2.45) is 11.8 Å². The lowest BCUT2D eigenvalue weighted by atomic mass is 9.87. The highest BCUT2D eigenvalue weighted by Crippen LogP contribution is 2.45. The van der Waals surface area contributed by atoms with Crippen LogP contribution in [0.4, 0.5) is 0 Å². The zero-order chi connectivity index (χ0) is 18.3. The van der Waals surface area contributed by atoms with Crippen molar-refractivity contribution in [2.75, 3.05) is 26.2 Å². The summed E-state index contributed by atoms with van der Waals surface area (Å²) >= 11 is 0. The summed E-state index contributed by atoms with van der Waals surface area (Å²) in [6, 6.07) is 10.8. The molecule has 1 aromatic heterocycles. The van der Waals surface area contributed by atoms with E-state index in [1.807, 2.05) is 11.6 Å². The Morgan fingerprint density at radius 3 is 2.62 bits per heavy atom. The summed E-state index contributed by atoms with van der Waals surface area (Å²) < 4.78 is 2.03. The van der Waals surface area contributed by atoms with E-state index in [2.05, 4.69) is 58.4 Å². The summed E-state index contributed by atoms with van der Waals surface area (Å²) in [6.45, 7) is 10.9. The number of amides is 1. The number of likely N-dealkylation sites (tertiary alicyclic amines) is 2. The van der Waals surface area contributed by atoms with E-state index in [1.165, 1.54) is 11.1 Å². The molecule has 1 aromatic carbocycles. The molecule has 2 aliphatic rings. The van der Waals surface area contributed by atoms with Gasteiger partial charge in [-0.15, -0.1) is 0 Å². The van der Waals surface area contributed by atoms with Crippen LogP contribution in [-0.2, 0) is 11.3 Å². The van der Waals surface area contributed by atoms with Crippen molar-refractivity contribution < 1.29 is 4.79 Å². The van der Waals surface area contributed by atoms with E-state index in [0.29, 0.717) is 11.8 Å². The maximum absolute atomic E-state index is 12.3. The Kier molecular flexibility index (Phi) is 4.57. The summed E-state index contributed by atoms with van der Waals surface area (Å²) in [6.07, 6.45) is 2.06. The number of hydrogen-bond donors (Lipinski definition) is 0. The van der Waals surface area contributed by atoms with Gasteiger partial charge in [0.1, 0.15) is 0 Å². The first-order chi connectivity index (χ1) is 12.5. The lowest BCUT2D eigenvalue weighted by Gasteiger charge is -2.30. The Hall–Kier alpha value is -2.14. The second-order valence-corrected chi connectivity index (χ2v) is 7.88. The minimum Gasteiger partial charge on any atom is -0.335 e. The van der Waals surface area contributed by atoms with Crippen molar-refractivity contribution >= 4 is 5.91 Å². The fourth-order valence-corrected chi connectivity index (χ4v) is 4.79. The van der Waals surface area contributed by atoms with Crippen molar-refractivity contribution in [1.29, 1.82) is 0 Å². The molecule has 2 aliphatic heterocycles. The van der Waals surface area contributed by atoms with Gasteiger partial charge in [-0.1, -0.05) is 24.3 Å². The van der Waals surface area contributed by atoms with Crippen LogP contribution in [0.3, 0.4) is 0 Å². The predicted molar refractivity (Wildman–Crippen MR) is 102 cm³/mol. The molecular weight excluding hydrogens is 324 g/mol. The molecule has 0 unspecified atom stereocenters. The van der Waals surface area contributed by atoms with Gasteiger partial charge in [0.25, 0.3) is 0 Å². The molecule has 4 rings (SSSR count). The highest BCUT2D eigenvalue weighted by atomic mass is 16.2. The van der Waals surface area contributed by atoms with Gasteiger partial charge >= 0.3 is 0 Å². The molecule has 5 nitrogen and oxygen atoms in total. The molecule has 0 aliphatic carbocycles. The molecule has 0 bridgehead atoms. The van der Waals surface area contributed by atoms with Crippen molar-refractivity contribution in [1.82, 2.24) is 19.6 Å². The largest absolute Gasteiger partial charge is 0.335 e. The lowest BCUT2D eigenvalue weighted by Crippen LogP contribution is -2.35. The average molecular weight is 352 g/mol. The van der Waals surface area contributed by atoms with Crippen LogP contribution in [0.5, 0.6) is 0 Å². The highest BCUT2D eigenvalue weighted by molar-refractivity contribution is 5.74. The SMILES string of the molecule is CC(=O)N1C[C@H]2CN(CCn3ccc(C)n3)C[C@H]2[C@H]1c1ccccc1C. The molecule has 0 N–H and O–H groups in total. The Balaban J connectivity index is 1.49. The zero-order valence-corrected chi connectivity index (χ0v) is 15.9. The highest BCUT2D eigenvalue weighted by Gasteiger charge is 2.48. The molecule has 5 heteroatoms. The second kappa shape index (κ2) is 6.88. The number of aromatic nitrogens is 2. The van der Waals surface area contributed by atoms with Gasteiger partial charge in [0.15, 0.2) is 0 Å². The quantitative estimate of drug-likeness (QED) is 0.849. The summed E-state index contributed by atoms with van der Waals surface area (Å²) in [5.74, 6) is 1.30. The van der Waals surface area contributed by atoms with E-state index < -0.39 is 0 Å². The number of rotatable bonds is 4. The van der Waals surface area contributed by atoms with Gasteiger partial charge in [-0.2, -0.15) is 5.10 Å². The van der Waals surface area contributed by atoms with Crippen LogP contribution in [0.2, 0.25) is 0 Å². The van der Waals surface area contributed by atoms with Gasteiger partial charge in [-0.25, -0.2) is 0 Å². The van der Waals surface area contributed by atoms with Gasteiger partial charge in [0, 0.05) is 45.2 Å². The Bertz CT molecular complexity index is 799. The minimum absolute atomic E-state index is 0.200. The van der Waals surface area contributed by atoms with E-state index >= 15 is 0 Å². The summed E-state index contributed by atoms with van der Waals surface area (Å²) in [4.78, 5) is 16.9. The summed E-state index contributed by atoms with van der Waals surface area (Å²) in [5.41, 5.74) is 3.68. The smallest absolute Gasteiger partial charge is 0.219 e. The lowest BCUT2D eigenvalue weighted by molar-refractivity contribution is -0.130. The third kappa shape index (κ3) is 3.16. The third-order valence-corrected chi connectivity index (χ3v) is 6.07. The van der Waals surface area contributed by atoms with Crippen LogP contribution in [0.25, 0.3) is 0 Å². The molecule has 0 spiro atoms. The van der Waals surface area contributed by atoms with Crippen molar-refractivity contribution in [2.45, 2.75) is 33.4 Å². The Morgan fingerprint density at radius 1 is 1.12 bits per heavy atom. The molecule has 2 aromatic rings. The molecule has 2 fully saturated rings. The molecule has 3 atom stereocenters. The van der Waals surface area contributed by atoms with E-state index in [4.69, 9.17) is 0 Å². The van der Waals surface area contributed by atoms with E-state index in [1.54, 1.807) is 6.92 Å². The molecule has 1 amide bonds. The first kappa shape index (κ1) is 17.3. The molecule has 138 valence electrons. The molecular formula is C21H28N4O. The third-order valence-electron chi connectivity index (χ3n) is 6.07. The summed E-state index contributed by atoms with van der Waals surface area (Å²) in [5, 5.41) is 4.49. The molecule has 26 heavy (non-hydrogen) atoms. The van der Waals surface area contributed by atoms with Crippen LogP contribution in [0, 0.1) is 25.7 Å². The first-order valence-corrected chi connectivity index (χ1v) is 9.58. The molecule has 3 heterocycles. The van der Waals surface area contributed by atoms with Crippen LogP contribution in [0.1, 0.15) is 29.8 Å². The van der Waals surface area contributed by atoms with Crippen LogP contribution in [0.15, 0.2) is 36.5 Å². The monoisotopic (exact) mass is 352 g/mol. The zero-order valence-electron chi connectivity index (χ0n) is 15.9. The van der Waals surface area contributed by atoms with Gasteiger partial charge in [-0.3, -0.25) is 9.48 Å². The maximum Gasteiger partial charge on any atom is 0.219 e. The summed E-state index contributed by atoms with van der Waals surface area (Å²) in [7, 11) is 0. The Morgan fingerprint density at radius 2 is 1.92 bits per heavy atom. The number of fused-ring (bicyclic) bond motifs is 1. The van der Waals surface area contributed by atoms with Crippen LogP contribution in [-0.4, -0.2) is 51.7 Å². The van der Waals surface area contributed by atoms with Crippen molar-refractivity contribution in [3.05, 3.63) is 53.3 Å². The fourth-order valence-electron chi connectivity index (χ4n) is 4.79. The minimum atomic E-state index is 0.200. The number of carbonyl (C=O) groups is 1. The standard InChI is InChI=1S/C21H28N4O/c1-15-6-4-5-7-19(15)21-20-14-23(10-11-24-9-8-16(2)22-24)12-18(20)13-25(21)17(3)26/h4-9,18,20-21H,10-14H2,1-3H3/t18-,20-,21-/m1/s1. The molecule has 0 radical (unpaired) electrons. The van der Waals surface area contributed by atoms with Crippen LogP contribution < -0.4 is 0 Å². The van der Waals surface area contributed by atoms with Crippen LogP contribution >= 0.6 is 0 Å². The average Bonchev–Trinajstić information content (AvgIpc) is 3.27. The van der Waals surface area contributed by atoms with Crippen molar-refractivity contribution in [3.8, 4) is 0 Å². The van der Waals surface area contributed by atoms with Gasteiger partial charge in [0.2, 0.25) is 5.91 Å². The van der Waals surface area contributed by atoms with E-state index in [0.717, 1.165) is 38.4 Å². The number of benzene rings is 1.